The standard InChI is InChI=1S/C12H18O4/c1-8(13)11-9(7-14-2)5-6-10(15-3)12(11)16-4/h5-6,8,13H,7H2,1-4H3. The Morgan fingerprint density at radius 3 is 2.31 bits per heavy atom. The van der Waals surface area contributed by atoms with Gasteiger partial charge in [0.1, 0.15) is 0 Å². The van der Waals surface area contributed by atoms with Gasteiger partial charge in [0.05, 0.1) is 26.9 Å². The number of hydrogen-bond acceptors (Lipinski definition) is 4. The average Bonchev–Trinajstić information content (AvgIpc) is 2.28. The highest BCUT2D eigenvalue weighted by atomic mass is 16.5. The van der Waals surface area contributed by atoms with Crippen molar-refractivity contribution >= 4 is 0 Å². The van der Waals surface area contributed by atoms with Crippen molar-refractivity contribution in [2.75, 3.05) is 21.3 Å². The van der Waals surface area contributed by atoms with Crippen LogP contribution in [0.5, 0.6) is 11.5 Å². The summed E-state index contributed by atoms with van der Waals surface area (Å²) in [6.07, 6.45) is -0.629. The second-order valence-corrected chi connectivity index (χ2v) is 3.48. The molecule has 4 nitrogen and oxygen atoms in total. The second kappa shape index (κ2) is 5.72. The third-order valence-electron chi connectivity index (χ3n) is 2.39. The number of hydrogen-bond donors (Lipinski definition) is 1. The summed E-state index contributed by atoms with van der Waals surface area (Å²) in [5.74, 6) is 1.17. The molecule has 0 aliphatic carbocycles. The topological polar surface area (TPSA) is 47.9 Å². The molecule has 0 radical (unpaired) electrons. The van der Waals surface area contributed by atoms with E-state index in [0.717, 1.165) is 5.56 Å². The lowest BCUT2D eigenvalue weighted by molar-refractivity contribution is 0.167. The first kappa shape index (κ1) is 12.8. The minimum absolute atomic E-state index is 0.431. The molecular formula is C12H18O4. The van der Waals surface area contributed by atoms with Gasteiger partial charge >= 0.3 is 0 Å². The van der Waals surface area contributed by atoms with E-state index in [1.807, 2.05) is 6.07 Å². The summed E-state index contributed by atoms with van der Waals surface area (Å²) in [6, 6.07) is 3.67. The molecule has 0 fully saturated rings. The van der Waals surface area contributed by atoms with Gasteiger partial charge in [-0.1, -0.05) is 6.07 Å². The Bertz CT molecular complexity index is 347. The first-order valence-corrected chi connectivity index (χ1v) is 5.06. The predicted molar refractivity (Wildman–Crippen MR) is 60.9 cm³/mol. The molecular weight excluding hydrogens is 208 g/mol. The van der Waals surface area contributed by atoms with Gasteiger partial charge in [0, 0.05) is 12.7 Å². The van der Waals surface area contributed by atoms with Crippen LogP contribution >= 0.6 is 0 Å². The van der Waals surface area contributed by atoms with E-state index in [-0.39, 0.29) is 0 Å². The Morgan fingerprint density at radius 2 is 1.88 bits per heavy atom. The summed E-state index contributed by atoms with van der Waals surface area (Å²) >= 11 is 0. The van der Waals surface area contributed by atoms with Crippen LogP contribution in [0.1, 0.15) is 24.2 Å². The molecule has 1 aromatic rings. The molecule has 1 unspecified atom stereocenters. The molecule has 0 aliphatic rings. The molecule has 1 atom stereocenters. The predicted octanol–water partition coefficient (Wildman–Crippen LogP) is 1.90. The van der Waals surface area contributed by atoms with Crippen molar-refractivity contribution in [1.29, 1.82) is 0 Å². The van der Waals surface area contributed by atoms with Crippen LogP contribution < -0.4 is 9.47 Å². The molecule has 1 rings (SSSR count). The highest BCUT2D eigenvalue weighted by Gasteiger charge is 2.18. The fourth-order valence-corrected chi connectivity index (χ4v) is 1.73. The van der Waals surface area contributed by atoms with E-state index in [1.54, 1.807) is 34.3 Å². The molecule has 0 bridgehead atoms. The zero-order valence-corrected chi connectivity index (χ0v) is 10.1. The van der Waals surface area contributed by atoms with Crippen molar-refractivity contribution in [2.24, 2.45) is 0 Å². The molecule has 4 heteroatoms. The monoisotopic (exact) mass is 226 g/mol. The summed E-state index contributed by atoms with van der Waals surface area (Å²) in [4.78, 5) is 0. The third kappa shape index (κ3) is 2.46. The zero-order chi connectivity index (χ0) is 12.1. The largest absolute Gasteiger partial charge is 0.493 e. The van der Waals surface area contributed by atoms with Gasteiger partial charge in [0.25, 0.3) is 0 Å². The Hall–Kier alpha value is -1.26. The molecule has 1 N–H and O–H groups in total. The minimum Gasteiger partial charge on any atom is -0.493 e. The SMILES string of the molecule is COCc1ccc(OC)c(OC)c1C(C)O. The minimum atomic E-state index is -0.629. The number of methoxy groups -OCH3 is 3. The van der Waals surface area contributed by atoms with Crippen LogP contribution in [0, 0.1) is 0 Å². The van der Waals surface area contributed by atoms with Gasteiger partial charge in [-0.25, -0.2) is 0 Å². The van der Waals surface area contributed by atoms with Crippen molar-refractivity contribution in [3.8, 4) is 11.5 Å². The maximum absolute atomic E-state index is 9.77. The van der Waals surface area contributed by atoms with E-state index in [0.29, 0.717) is 23.7 Å². The van der Waals surface area contributed by atoms with E-state index in [1.165, 1.54) is 0 Å². The third-order valence-corrected chi connectivity index (χ3v) is 2.39. The van der Waals surface area contributed by atoms with Crippen LogP contribution in [0.4, 0.5) is 0 Å². The lowest BCUT2D eigenvalue weighted by atomic mass is 10.0. The van der Waals surface area contributed by atoms with E-state index in [9.17, 15) is 5.11 Å². The Balaban J connectivity index is 3.32. The van der Waals surface area contributed by atoms with Gasteiger partial charge in [-0.3, -0.25) is 0 Å². The average molecular weight is 226 g/mol. The quantitative estimate of drug-likeness (QED) is 0.833. The van der Waals surface area contributed by atoms with Crippen molar-refractivity contribution < 1.29 is 19.3 Å². The van der Waals surface area contributed by atoms with Crippen molar-refractivity contribution in [1.82, 2.24) is 0 Å². The van der Waals surface area contributed by atoms with Gasteiger partial charge in [0.2, 0.25) is 0 Å². The summed E-state index contributed by atoms with van der Waals surface area (Å²) in [6.45, 7) is 2.12. The fourth-order valence-electron chi connectivity index (χ4n) is 1.73. The van der Waals surface area contributed by atoms with Gasteiger partial charge in [-0.15, -0.1) is 0 Å². The molecule has 1 aromatic carbocycles. The highest BCUT2D eigenvalue weighted by Crippen LogP contribution is 2.37. The first-order valence-electron chi connectivity index (χ1n) is 5.06. The van der Waals surface area contributed by atoms with E-state index in [2.05, 4.69) is 0 Å². The lowest BCUT2D eigenvalue weighted by Crippen LogP contribution is -2.04. The molecule has 0 saturated heterocycles. The molecule has 0 saturated carbocycles. The lowest BCUT2D eigenvalue weighted by Gasteiger charge is -2.18. The molecule has 90 valence electrons. The summed E-state index contributed by atoms with van der Waals surface area (Å²) in [5, 5.41) is 9.77. The summed E-state index contributed by atoms with van der Waals surface area (Å²) in [5.41, 5.74) is 1.61. The van der Waals surface area contributed by atoms with Crippen LogP contribution in [0.15, 0.2) is 12.1 Å². The van der Waals surface area contributed by atoms with Crippen LogP contribution in [0.2, 0.25) is 0 Å². The first-order chi connectivity index (χ1) is 7.65. The summed E-state index contributed by atoms with van der Waals surface area (Å²) in [7, 11) is 4.74. The normalized spacial score (nSPS) is 12.3. The zero-order valence-electron chi connectivity index (χ0n) is 10.1. The molecule has 0 aliphatic heterocycles. The second-order valence-electron chi connectivity index (χ2n) is 3.48. The van der Waals surface area contributed by atoms with Crippen molar-refractivity contribution in [3.05, 3.63) is 23.3 Å². The van der Waals surface area contributed by atoms with Gasteiger partial charge in [0.15, 0.2) is 11.5 Å². The van der Waals surface area contributed by atoms with Crippen LogP contribution in [0.25, 0.3) is 0 Å². The molecule has 0 spiro atoms. The molecule has 0 heterocycles. The van der Waals surface area contributed by atoms with E-state index < -0.39 is 6.10 Å². The van der Waals surface area contributed by atoms with Gasteiger partial charge in [-0.05, 0) is 18.6 Å². The molecule has 0 amide bonds. The van der Waals surface area contributed by atoms with E-state index >= 15 is 0 Å². The Kier molecular flexibility index (Phi) is 4.58. The Labute approximate surface area is 95.8 Å². The number of ether oxygens (including phenoxy) is 3. The summed E-state index contributed by atoms with van der Waals surface area (Å²) < 4.78 is 15.5. The van der Waals surface area contributed by atoms with Crippen molar-refractivity contribution in [3.63, 3.8) is 0 Å². The number of benzene rings is 1. The van der Waals surface area contributed by atoms with Crippen LogP contribution in [-0.4, -0.2) is 26.4 Å². The molecule has 16 heavy (non-hydrogen) atoms. The van der Waals surface area contributed by atoms with Gasteiger partial charge < -0.3 is 19.3 Å². The van der Waals surface area contributed by atoms with E-state index in [4.69, 9.17) is 14.2 Å². The number of aliphatic hydroxyl groups is 1. The van der Waals surface area contributed by atoms with Crippen molar-refractivity contribution in [2.45, 2.75) is 19.6 Å². The number of rotatable bonds is 5. The van der Waals surface area contributed by atoms with Crippen LogP contribution in [0.3, 0.4) is 0 Å². The fraction of sp³-hybridized carbons (Fsp3) is 0.500. The highest BCUT2D eigenvalue weighted by molar-refractivity contribution is 5.51. The number of aliphatic hydroxyl groups excluding tert-OH is 1. The Morgan fingerprint density at radius 1 is 1.19 bits per heavy atom. The van der Waals surface area contributed by atoms with Gasteiger partial charge in [-0.2, -0.15) is 0 Å². The molecule has 0 aromatic heterocycles. The smallest absolute Gasteiger partial charge is 0.166 e. The maximum Gasteiger partial charge on any atom is 0.166 e. The van der Waals surface area contributed by atoms with Crippen LogP contribution in [-0.2, 0) is 11.3 Å². The maximum atomic E-state index is 9.77.